The summed E-state index contributed by atoms with van der Waals surface area (Å²) in [5.74, 6) is 0.694. The van der Waals surface area contributed by atoms with Crippen LogP contribution >= 0.6 is 0 Å². The number of benzene rings is 1. The molecule has 1 aromatic rings. The minimum absolute atomic E-state index is 0.156. The number of carbonyl (C=O) groups is 1. The first kappa shape index (κ1) is 15.7. The Labute approximate surface area is 117 Å². The summed E-state index contributed by atoms with van der Waals surface area (Å²) in [7, 11) is 0. The van der Waals surface area contributed by atoms with Crippen LogP contribution in [0.15, 0.2) is 24.3 Å². The van der Waals surface area contributed by atoms with Gasteiger partial charge in [0.1, 0.15) is 5.75 Å². The normalized spacial score (nSPS) is 11.3. The van der Waals surface area contributed by atoms with Gasteiger partial charge in [0, 0.05) is 0 Å². The Kier molecular flexibility index (Phi) is 6.61. The molecule has 0 saturated carbocycles. The average Bonchev–Trinajstić information content (AvgIpc) is 2.42. The van der Waals surface area contributed by atoms with Gasteiger partial charge in [0.2, 0.25) is 0 Å². The molecule has 0 heterocycles. The van der Waals surface area contributed by atoms with Gasteiger partial charge in [-0.2, -0.15) is 0 Å². The fourth-order valence-corrected chi connectivity index (χ4v) is 2.08. The lowest BCUT2D eigenvalue weighted by Crippen LogP contribution is -2.21. The van der Waals surface area contributed by atoms with Crippen molar-refractivity contribution in [1.29, 1.82) is 0 Å². The summed E-state index contributed by atoms with van der Waals surface area (Å²) < 4.78 is 5.82. The lowest BCUT2D eigenvalue weighted by Gasteiger charge is -2.25. The Morgan fingerprint density at radius 2 is 1.89 bits per heavy atom. The van der Waals surface area contributed by atoms with Crippen LogP contribution in [-0.2, 0) is 0 Å². The molecule has 106 valence electrons. The summed E-state index contributed by atoms with van der Waals surface area (Å²) >= 11 is 0. The van der Waals surface area contributed by atoms with Crippen molar-refractivity contribution in [2.24, 2.45) is 5.41 Å². The van der Waals surface area contributed by atoms with E-state index >= 15 is 0 Å². The van der Waals surface area contributed by atoms with Gasteiger partial charge in [-0.05, 0) is 24.0 Å². The number of para-hydroxylation sites is 1. The van der Waals surface area contributed by atoms with Crippen LogP contribution < -0.4 is 4.74 Å². The summed E-state index contributed by atoms with van der Waals surface area (Å²) in [5, 5.41) is 0. The summed E-state index contributed by atoms with van der Waals surface area (Å²) in [5.41, 5.74) is 0.785. The molecule has 2 nitrogen and oxygen atoms in total. The van der Waals surface area contributed by atoms with E-state index in [-0.39, 0.29) is 5.41 Å². The largest absolute Gasteiger partial charge is 0.492 e. The van der Waals surface area contributed by atoms with Crippen molar-refractivity contribution < 1.29 is 9.53 Å². The van der Waals surface area contributed by atoms with Crippen LogP contribution in [-0.4, -0.2) is 12.9 Å². The molecule has 1 aromatic carbocycles. The van der Waals surface area contributed by atoms with Gasteiger partial charge in [-0.25, -0.2) is 0 Å². The molecule has 0 N–H and O–H groups in total. The fourth-order valence-electron chi connectivity index (χ4n) is 2.08. The Balaban J connectivity index is 2.43. The summed E-state index contributed by atoms with van der Waals surface area (Å²) in [6, 6.07) is 7.40. The van der Waals surface area contributed by atoms with E-state index < -0.39 is 0 Å². The first-order chi connectivity index (χ1) is 9.09. The van der Waals surface area contributed by atoms with Crippen molar-refractivity contribution in [1.82, 2.24) is 0 Å². The van der Waals surface area contributed by atoms with E-state index in [2.05, 4.69) is 20.8 Å². The molecule has 1 rings (SSSR count). The molecule has 2 heteroatoms. The number of unbranched alkanes of at least 4 members (excludes halogenated alkanes) is 3. The van der Waals surface area contributed by atoms with E-state index in [1.165, 1.54) is 25.7 Å². The van der Waals surface area contributed by atoms with Gasteiger partial charge in [0.15, 0.2) is 6.29 Å². The highest BCUT2D eigenvalue weighted by molar-refractivity contribution is 5.79. The first-order valence-electron chi connectivity index (χ1n) is 7.26. The predicted octanol–water partition coefficient (Wildman–Crippen LogP) is 4.87. The van der Waals surface area contributed by atoms with Gasteiger partial charge < -0.3 is 4.74 Å². The predicted molar refractivity (Wildman–Crippen MR) is 79.9 cm³/mol. The zero-order valence-corrected chi connectivity index (χ0v) is 12.4. The molecule has 0 amide bonds. The smallest absolute Gasteiger partial charge is 0.153 e. The summed E-state index contributed by atoms with van der Waals surface area (Å²) in [6.07, 6.45) is 7.14. The minimum Gasteiger partial charge on any atom is -0.492 e. The number of rotatable bonds is 9. The van der Waals surface area contributed by atoms with Crippen molar-refractivity contribution in [2.75, 3.05) is 6.61 Å². The maximum absolute atomic E-state index is 10.9. The van der Waals surface area contributed by atoms with Crippen LogP contribution in [0.3, 0.4) is 0 Å². The van der Waals surface area contributed by atoms with E-state index in [1.54, 1.807) is 6.07 Å². The molecule has 0 aliphatic carbocycles. The number of hydrogen-bond donors (Lipinski definition) is 0. The van der Waals surface area contributed by atoms with Gasteiger partial charge >= 0.3 is 0 Å². The molecule has 0 spiro atoms. The van der Waals surface area contributed by atoms with E-state index in [1.807, 2.05) is 18.2 Å². The quantitative estimate of drug-likeness (QED) is 0.468. The topological polar surface area (TPSA) is 26.3 Å². The molecule has 0 radical (unpaired) electrons. The maximum Gasteiger partial charge on any atom is 0.153 e. The molecule has 0 aliphatic heterocycles. The number of hydrogen-bond acceptors (Lipinski definition) is 2. The van der Waals surface area contributed by atoms with E-state index in [4.69, 9.17) is 4.74 Å². The Morgan fingerprint density at radius 3 is 2.58 bits per heavy atom. The third-order valence-corrected chi connectivity index (χ3v) is 3.37. The van der Waals surface area contributed by atoms with Crippen LogP contribution in [0.25, 0.3) is 0 Å². The standard InChI is InChI=1S/C17H26O2/c1-4-5-6-9-12-17(2,3)14-19-16-11-8-7-10-15(16)13-18/h7-8,10-11,13H,4-6,9,12,14H2,1-3H3. The van der Waals surface area contributed by atoms with Gasteiger partial charge in [0.05, 0.1) is 12.2 Å². The van der Waals surface area contributed by atoms with Gasteiger partial charge in [-0.15, -0.1) is 0 Å². The molecular weight excluding hydrogens is 236 g/mol. The third-order valence-electron chi connectivity index (χ3n) is 3.37. The Morgan fingerprint density at radius 1 is 1.16 bits per heavy atom. The van der Waals surface area contributed by atoms with Crippen molar-refractivity contribution in [3.63, 3.8) is 0 Å². The second kappa shape index (κ2) is 7.98. The minimum atomic E-state index is 0.156. The van der Waals surface area contributed by atoms with E-state index in [9.17, 15) is 4.79 Å². The van der Waals surface area contributed by atoms with Crippen molar-refractivity contribution >= 4 is 6.29 Å². The lowest BCUT2D eigenvalue weighted by molar-refractivity contribution is 0.111. The van der Waals surface area contributed by atoms with Gasteiger partial charge in [-0.1, -0.05) is 58.6 Å². The van der Waals surface area contributed by atoms with Crippen molar-refractivity contribution in [2.45, 2.75) is 52.9 Å². The van der Waals surface area contributed by atoms with Crippen molar-refractivity contribution in [3.05, 3.63) is 29.8 Å². The van der Waals surface area contributed by atoms with Crippen LogP contribution in [0.5, 0.6) is 5.75 Å². The van der Waals surface area contributed by atoms with Crippen LogP contribution in [0.2, 0.25) is 0 Å². The Hall–Kier alpha value is -1.31. The Bertz CT molecular complexity index is 383. The summed E-state index contributed by atoms with van der Waals surface area (Å²) in [6.45, 7) is 7.33. The highest BCUT2D eigenvalue weighted by atomic mass is 16.5. The van der Waals surface area contributed by atoms with E-state index in [0.29, 0.717) is 17.9 Å². The SMILES string of the molecule is CCCCCCC(C)(C)COc1ccccc1C=O. The number of ether oxygens (including phenoxy) is 1. The monoisotopic (exact) mass is 262 g/mol. The lowest BCUT2D eigenvalue weighted by atomic mass is 9.88. The number of carbonyl (C=O) groups excluding carboxylic acids is 1. The maximum atomic E-state index is 10.9. The summed E-state index contributed by atoms with van der Waals surface area (Å²) in [4.78, 5) is 10.9. The molecule has 0 aromatic heterocycles. The molecule has 19 heavy (non-hydrogen) atoms. The third kappa shape index (κ3) is 5.91. The number of aldehydes is 1. The molecule has 0 saturated heterocycles. The van der Waals surface area contributed by atoms with Gasteiger partial charge in [0.25, 0.3) is 0 Å². The molecule has 0 aliphatic rings. The van der Waals surface area contributed by atoms with Crippen LogP contribution in [0.4, 0.5) is 0 Å². The highest BCUT2D eigenvalue weighted by Crippen LogP contribution is 2.26. The second-order valence-electron chi connectivity index (χ2n) is 5.92. The zero-order chi connectivity index (χ0) is 14.1. The molecule has 0 bridgehead atoms. The fraction of sp³-hybridized carbons (Fsp3) is 0.588. The van der Waals surface area contributed by atoms with Crippen LogP contribution in [0.1, 0.15) is 63.2 Å². The molecular formula is C17H26O2. The molecule has 0 fully saturated rings. The van der Waals surface area contributed by atoms with Gasteiger partial charge in [-0.3, -0.25) is 4.79 Å². The second-order valence-corrected chi connectivity index (χ2v) is 5.92. The van der Waals surface area contributed by atoms with Crippen LogP contribution in [0, 0.1) is 5.41 Å². The zero-order valence-electron chi connectivity index (χ0n) is 12.4. The van der Waals surface area contributed by atoms with E-state index in [0.717, 1.165) is 12.7 Å². The highest BCUT2D eigenvalue weighted by Gasteiger charge is 2.19. The molecule has 0 unspecified atom stereocenters. The molecule has 0 atom stereocenters. The first-order valence-corrected chi connectivity index (χ1v) is 7.26. The van der Waals surface area contributed by atoms with Crippen molar-refractivity contribution in [3.8, 4) is 5.75 Å². The average molecular weight is 262 g/mol.